The van der Waals surface area contributed by atoms with Gasteiger partial charge in [-0.2, -0.15) is 0 Å². The summed E-state index contributed by atoms with van der Waals surface area (Å²) in [5.74, 6) is 0.755. The molecule has 1 aromatic heterocycles. The zero-order chi connectivity index (χ0) is 17.8. The molecule has 128 valence electrons. The number of carboxylic acids is 1. The molecule has 5 nitrogen and oxygen atoms in total. The Hall–Kier alpha value is -3.08. The summed E-state index contributed by atoms with van der Waals surface area (Å²) in [6, 6.07) is 13.6. The number of hydrogen-bond acceptors (Lipinski definition) is 3. The lowest BCUT2D eigenvalue weighted by atomic mass is 10.1. The zero-order valence-electron chi connectivity index (χ0n) is 14.2. The number of nitrogens with one attached hydrogen (secondary N) is 1. The van der Waals surface area contributed by atoms with Gasteiger partial charge in [0, 0.05) is 18.6 Å². The van der Waals surface area contributed by atoms with Crippen molar-refractivity contribution in [3.8, 4) is 5.75 Å². The van der Waals surface area contributed by atoms with Gasteiger partial charge in [0.1, 0.15) is 11.6 Å². The van der Waals surface area contributed by atoms with Crippen molar-refractivity contribution in [2.75, 3.05) is 0 Å². The second kappa shape index (κ2) is 7.21. The number of aliphatic carboxylic acids is 1. The van der Waals surface area contributed by atoms with Gasteiger partial charge in [0.25, 0.3) is 0 Å². The van der Waals surface area contributed by atoms with Crippen LogP contribution >= 0.6 is 0 Å². The molecule has 0 atom stereocenters. The second-order valence-corrected chi connectivity index (χ2v) is 6.12. The molecule has 0 spiro atoms. The number of hydrogen-bond donors (Lipinski definition) is 2. The maximum Gasteiger partial charge on any atom is 0.328 e. The first-order chi connectivity index (χ1) is 12.0. The fraction of sp³-hybridized carbons (Fsp3) is 0.200. The lowest BCUT2D eigenvalue weighted by Crippen LogP contribution is -2.05. The molecule has 0 aliphatic rings. The van der Waals surface area contributed by atoms with Gasteiger partial charge in [-0.15, -0.1) is 0 Å². The normalized spacial score (nSPS) is 11.5. The number of aromatic amines is 1. The van der Waals surface area contributed by atoms with E-state index in [2.05, 4.69) is 9.97 Å². The Morgan fingerprint density at radius 1 is 1.24 bits per heavy atom. The van der Waals surface area contributed by atoms with Crippen molar-refractivity contribution in [2.45, 2.75) is 26.4 Å². The van der Waals surface area contributed by atoms with E-state index in [1.165, 1.54) is 0 Å². The first-order valence-electron chi connectivity index (χ1n) is 8.15. The van der Waals surface area contributed by atoms with E-state index in [0.29, 0.717) is 6.42 Å². The minimum absolute atomic E-state index is 0.133. The predicted molar refractivity (Wildman–Crippen MR) is 97.8 cm³/mol. The number of benzene rings is 2. The molecule has 0 saturated carbocycles. The topological polar surface area (TPSA) is 75.2 Å². The van der Waals surface area contributed by atoms with E-state index >= 15 is 0 Å². The molecule has 25 heavy (non-hydrogen) atoms. The van der Waals surface area contributed by atoms with Crippen molar-refractivity contribution in [2.24, 2.45) is 0 Å². The van der Waals surface area contributed by atoms with Crippen molar-refractivity contribution in [1.29, 1.82) is 0 Å². The van der Waals surface area contributed by atoms with Crippen LogP contribution in [0.25, 0.3) is 17.1 Å². The van der Waals surface area contributed by atoms with Crippen molar-refractivity contribution >= 4 is 23.1 Å². The second-order valence-electron chi connectivity index (χ2n) is 6.12. The van der Waals surface area contributed by atoms with E-state index in [-0.39, 0.29) is 6.10 Å². The molecule has 0 saturated heterocycles. The predicted octanol–water partition coefficient (Wildman–Crippen LogP) is 4.04. The number of carboxylic acid groups (broad SMARTS) is 1. The summed E-state index contributed by atoms with van der Waals surface area (Å²) < 4.78 is 5.71. The summed E-state index contributed by atoms with van der Waals surface area (Å²) in [4.78, 5) is 18.5. The third-order valence-corrected chi connectivity index (χ3v) is 3.64. The molecule has 1 heterocycles. The van der Waals surface area contributed by atoms with Crippen molar-refractivity contribution in [1.82, 2.24) is 9.97 Å². The molecule has 0 unspecified atom stereocenters. The van der Waals surface area contributed by atoms with E-state index in [1.807, 2.05) is 56.3 Å². The average Bonchev–Trinajstić information content (AvgIpc) is 2.95. The van der Waals surface area contributed by atoms with Crippen molar-refractivity contribution < 1.29 is 14.6 Å². The van der Waals surface area contributed by atoms with Crippen LogP contribution in [0, 0.1) is 0 Å². The Morgan fingerprint density at radius 3 is 2.68 bits per heavy atom. The molecule has 0 aliphatic carbocycles. The largest absolute Gasteiger partial charge is 0.491 e. The Balaban J connectivity index is 1.75. The van der Waals surface area contributed by atoms with Gasteiger partial charge >= 0.3 is 5.97 Å². The summed E-state index contributed by atoms with van der Waals surface area (Å²) in [7, 11) is 0. The summed E-state index contributed by atoms with van der Waals surface area (Å²) in [6.45, 7) is 4.00. The number of H-pyrrole nitrogens is 1. The SMILES string of the molecule is CC(C)Oc1ccc2nc(Cc3ccc(C=CC(=O)O)cc3)[nH]c2c1. The zero-order valence-corrected chi connectivity index (χ0v) is 14.2. The van der Waals surface area contributed by atoms with Gasteiger partial charge in [0.05, 0.1) is 17.1 Å². The van der Waals surface area contributed by atoms with Crippen LogP contribution in [0.2, 0.25) is 0 Å². The van der Waals surface area contributed by atoms with Crippen LogP contribution in [0.4, 0.5) is 0 Å². The molecular formula is C20H20N2O3. The molecule has 0 bridgehead atoms. The number of fused-ring (bicyclic) bond motifs is 1. The number of nitrogens with zero attached hydrogens (tertiary/aromatic N) is 1. The lowest BCUT2D eigenvalue weighted by Gasteiger charge is -2.08. The van der Waals surface area contributed by atoms with Gasteiger partial charge in [-0.1, -0.05) is 24.3 Å². The van der Waals surface area contributed by atoms with E-state index in [9.17, 15) is 4.79 Å². The van der Waals surface area contributed by atoms with Gasteiger partial charge in [0.2, 0.25) is 0 Å². The highest BCUT2D eigenvalue weighted by Gasteiger charge is 2.06. The van der Waals surface area contributed by atoms with E-state index < -0.39 is 5.97 Å². The van der Waals surface area contributed by atoms with Crippen molar-refractivity contribution in [3.63, 3.8) is 0 Å². The first kappa shape index (κ1) is 16.8. The number of imidazole rings is 1. The Bertz CT molecular complexity index is 908. The summed E-state index contributed by atoms with van der Waals surface area (Å²) in [5.41, 5.74) is 3.82. The number of ether oxygens (including phenoxy) is 1. The highest BCUT2D eigenvalue weighted by atomic mass is 16.5. The monoisotopic (exact) mass is 336 g/mol. The smallest absolute Gasteiger partial charge is 0.328 e. The molecule has 0 radical (unpaired) electrons. The van der Waals surface area contributed by atoms with Gasteiger partial charge in [-0.25, -0.2) is 9.78 Å². The molecule has 0 amide bonds. The maximum absolute atomic E-state index is 10.5. The maximum atomic E-state index is 10.5. The molecule has 3 aromatic rings. The summed E-state index contributed by atoms with van der Waals surface area (Å²) >= 11 is 0. The summed E-state index contributed by atoms with van der Waals surface area (Å²) in [6.07, 6.45) is 3.51. The first-order valence-corrected chi connectivity index (χ1v) is 8.15. The third-order valence-electron chi connectivity index (χ3n) is 3.64. The van der Waals surface area contributed by atoms with Gasteiger partial charge < -0.3 is 14.8 Å². The van der Waals surface area contributed by atoms with E-state index in [1.54, 1.807) is 6.08 Å². The molecular weight excluding hydrogens is 316 g/mol. The van der Waals surface area contributed by atoms with Crippen LogP contribution in [0.1, 0.15) is 30.8 Å². The standard InChI is InChI=1S/C20H20N2O3/c1-13(2)25-16-8-9-17-18(12-16)22-19(21-17)11-15-5-3-14(4-6-15)7-10-20(23)24/h3-10,12-13H,11H2,1-2H3,(H,21,22)(H,23,24). The molecule has 2 N–H and O–H groups in total. The Labute approximate surface area is 146 Å². The van der Waals surface area contributed by atoms with Crippen LogP contribution in [0.5, 0.6) is 5.75 Å². The van der Waals surface area contributed by atoms with Gasteiger partial charge in [-0.3, -0.25) is 0 Å². The highest BCUT2D eigenvalue weighted by Crippen LogP contribution is 2.21. The highest BCUT2D eigenvalue weighted by molar-refractivity contribution is 5.85. The van der Waals surface area contributed by atoms with Crippen LogP contribution in [0.15, 0.2) is 48.5 Å². The van der Waals surface area contributed by atoms with E-state index in [4.69, 9.17) is 9.84 Å². The quantitative estimate of drug-likeness (QED) is 0.666. The number of aromatic nitrogens is 2. The van der Waals surface area contributed by atoms with Crippen molar-refractivity contribution in [3.05, 3.63) is 65.5 Å². The molecule has 5 heteroatoms. The lowest BCUT2D eigenvalue weighted by molar-refractivity contribution is -0.131. The Kier molecular flexibility index (Phi) is 4.84. The van der Waals surface area contributed by atoms with Crippen LogP contribution in [-0.4, -0.2) is 27.1 Å². The van der Waals surface area contributed by atoms with Gasteiger partial charge in [0.15, 0.2) is 0 Å². The average molecular weight is 336 g/mol. The number of rotatable bonds is 6. The minimum atomic E-state index is -0.952. The molecule has 3 rings (SSSR count). The fourth-order valence-corrected chi connectivity index (χ4v) is 2.58. The minimum Gasteiger partial charge on any atom is -0.491 e. The van der Waals surface area contributed by atoms with E-state index in [0.717, 1.165) is 39.8 Å². The molecule has 2 aromatic carbocycles. The third kappa shape index (κ3) is 4.47. The van der Waals surface area contributed by atoms with Crippen LogP contribution < -0.4 is 4.74 Å². The fourth-order valence-electron chi connectivity index (χ4n) is 2.58. The van der Waals surface area contributed by atoms with Gasteiger partial charge in [-0.05, 0) is 43.2 Å². The number of carbonyl (C=O) groups is 1. The molecule has 0 fully saturated rings. The Morgan fingerprint density at radius 2 is 2.00 bits per heavy atom. The van der Waals surface area contributed by atoms with Crippen LogP contribution in [0.3, 0.4) is 0 Å². The molecule has 0 aliphatic heterocycles. The summed E-state index contributed by atoms with van der Waals surface area (Å²) in [5, 5.41) is 8.65. The van der Waals surface area contributed by atoms with Crippen LogP contribution in [-0.2, 0) is 11.2 Å².